The number of aromatic nitrogens is 4. The van der Waals surface area contributed by atoms with Gasteiger partial charge in [0.2, 0.25) is 0 Å². The molecular formula is C11H14N4. The van der Waals surface area contributed by atoms with Gasteiger partial charge >= 0.3 is 0 Å². The molecular weight excluding hydrogens is 188 g/mol. The monoisotopic (exact) mass is 202 g/mol. The molecule has 2 aromatic rings. The predicted octanol–water partition coefficient (Wildman–Crippen LogP) is 1.90. The van der Waals surface area contributed by atoms with Crippen LogP contribution in [0.4, 0.5) is 0 Å². The summed E-state index contributed by atoms with van der Waals surface area (Å²) < 4.78 is 1.98. The van der Waals surface area contributed by atoms with Crippen LogP contribution in [-0.4, -0.2) is 19.5 Å². The molecule has 0 saturated heterocycles. The van der Waals surface area contributed by atoms with Crippen LogP contribution in [0.15, 0.2) is 12.4 Å². The van der Waals surface area contributed by atoms with Crippen molar-refractivity contribution in [2.45, 2.75) is 27.7 Å². The molecule has 4 heteroatoms. The van der Waals surface area contributed by atoms with E-state index in [0.717, 1.165) is 28.7 Å². The molecule has 78 valence electrons. The van der Waals surface area contributed by atoms with E-state index in [2.05, 4.69) is 15.0 Å². The highest BCUT2D eigenvalue weighted by atomic mass is 15.1. The molecule has 4 nitrogen and oxygen atoms in total. The predicted molar refractivity (Wildman–Crippen MR) is 58.1 cm³/mol. The molecule has 0 aliphatic carbocycles. The second-order valence-electron chi connectivity index (χ2n) is 3.70. The van der Waals surface area contributed by atoms with Gasteiger partial charge in [-0.15, -0.1) is 0 Å². The average molecular weight is 202 g/mol. The summed E-state index contributed by atoms with van der Waals surface area (Å²) in [6.07, 6.45) is 1.80. The van der Waals surface area contributed by atoms with Crippen LogP contribution in [0.25, 0.3) is 5.82 Å². The van der Waals surface area contributed by atoms with Crippen molar-refractivity contribution in [2.24, 2.45) is 0 Å². The van der Waals surface area contributed by atoms with E-state index in [0.29, 0.717) is 0 Å². The standard InChI is InChI=1S/C11H14N4/c1-7-5-11(14-10(4)13-7)15-6-12-8(2)9(15)3/h5-6H,1-4H3. The molecule has 0 atom stereocenters. The van der Waals surface area contributed by atoms with Crippen LogP contribution in [0, 0.1) is 27.7 Å². The molecule has 0 radical (unpaired) electrons. The van der Waals surface area contributed by atoms with Crippen molar-refractivity contribution >= 4 is 0 Å². The van der Waals surface area contributed by atoms with Crippen molar-refractivity contribution in [3.05, 3.63) is 35.3 Å². The minimum atomic E-state index is 0.788. The Kier molecular flexibility index (Phi) is 2.26. The van der Waals surface area contributed by atoms with Crippen molar-refractivity contribution in [3.8, 4) is 5.82 Å². The molecule has 0 unspecified atom stereocenters. The highest BCUT2D eigenvalue weighted by molar-refractivity contribution is 5.29. The molecule has 0 spiro atoms. The molecule has 0 N–H and O–H groups in total. The summed E-state index contributed by atoms with van der Waals surface area (Å²) in [5.41, 5.74) is 3.12. The maximum Gasteiger partial charge on any atom is 0.142 e. The van der Waals surface area contributed by atoms with Gasteiger partial charge in [0.05, 0.1) is 5.69 Å². The molecule has 2 heterocycles. The fourth-order valence-electron chi connectivity index (χ4n) is 1.55. The number of rotatable bonds is 1. The maximum atomic E-state index is 4.39. The first kappa shape index (κ1) is 9.83. The highest BCUT2D eigenvalue weighted by Crippen LogP contribution is 2.12. The lowest BCUT2D eigenvalue weighted by Gasteiger charge is -2.06. The highest BCUT2D eigenvalue weighted by Gasteiger charge is 2.06. The van der Waals surface area contributed by atoms with Gasteiger partial charge in [0.1, 0.15) is 18.0 Å². The van der Waals surface area contributed by atoms with E-state index < -0.39 is 0 Å². The quantitative estimate of drug-likeness (QED) is 0.709. The van der Waals surface area contributed by atoms with Gasteiger partial charge in [0.15, 0.2) is 0 Å². The van der Waals surface area contributed by atoms with Crippen molar-refractivity contribution in [3.63, 3.8) is 0 Å². The molecule has 0 aromatic carbocycles. The van der Waals surface area contributed by atoms with E-state index in [4.69, 9.17) is 0 Å². The zero-order chi connectivity index (χ0) is 11.0. The lowest BCUT2D eigenvalue weighted by atomic mass is 10.3. The lowest BCUT2D eigenvalue weighted by molar-refractivity contribution is 0.897. The van der Waals surface area contributed by atoms with E-state index >= 15 is 0 Å². The van der Waals surface area contributed by atoms with Crippen LogP contribution in [0.1, 0.15) is 22.9 Å². The molecule has 2 rings (SSSR count). The van der Waals surface area contributed by atoms with Gasteiger partial charge in [-0.2, -0.15) is 0 Å². The van der Waals surface area contributed by atoms with Crippen LogP contribution in [0.2, 0.25) is 0 Å². The van der Waals surface area contributed by atoms with Crippen LogP contribution in [0.3, 0.4) is 0 Å². The Morgan fingerprint density at radius 1 is 1.07 bits per heavy atom. The molecule has 0 saturated carbocycles. The Bertz CT molecular complexity index is 479. The number of aryl methyl sites for hydroxylation is 3. The summed E-state index contributed by atoms with van der Waals surface area (Å²) in [5.74, 6) is 1.67. The molecule has 0 fully saturated rings. The minimum absolute atomic E-state index is 0.788. The van der Waals surface area contributed by atoms with Gasteiger partial charge in [-0.1, -0.05) is 0 Å². The Hall–Kier alpha value is -1.71. The number of imidazole rings is 1. The number of hydrogen-bond acceptors (Lipinski definition) is 3. The van der Waals surface area contributed by atoms with Gasteiger partial charge in [-0.05, 0) is 27.7 Å². The van der Waals surface area contributed by atoms with Gasteiger partial charge in [-0.25, -0.2) is 15.0 Å². The SMILES string of the molecule is Cc1cc(-n2cnc(C)c2C)nc(C)n1. The Morgan fingerprint density at radius 2 is 1.80 bits per heavy atom. The summed E-state index contributed by atoms with van der Waals surface area (Å²) in [7, 11) is 0. The Morgan fingerprint density at radius 3 is 2.33 bits per heavy atom. The zero-order valence-electron chi connectivity index (χ0n) is 9.44. The summed E-state index contributed by atoms with van der Waals surface area (Å²) in [5, 5.41) is 0. The van der Waals surface area contributed by atoms with Crippen LogP contribution in [0.5, 0.6) is 0 Å². The fraction of sp³-hybridized carbons (Fsp3) is 0.364. The molecule has 15 heavy (non-hydrogen) atoms. The largest absolute Gasteiger partial charge is 0.287 e. The van der Waals surface area contributed by atoms with E-state index in [1.165, 1.54) is 0 Å². The smallest absolute Gasteiger partial charge is 0.142 e. The third-order valence-electron chi connectivity index (χ3n) is 2.45. The molecule has 0 bridgehead atoms. The Balaban J connectivity index is 2.58. The van der Waals surface area contributed by atoms with Gasteiger partial charge in [-0.3, -0.25) is 4.57 Å². The van der Waals surface area contributed by atoms with Crippen molar-refractivity contribution in [2.75, 3.05) is 0 Å². The Labute approximate surface area is 89.0 Å². The van der Waals surface area contributed by atoms with E-state index in [1.54, 1.807) is 6.33 Å². The minimum Gasteiger partial charge on any atom is -0.287 e. The zero-order valence-corrected chi connectivity index (χ0v) is 9.44. The maximum absolute atomic E-state index is 4.39. The van der Waals surface area contributed by atoms with Gasteiger partial charge in [0.25, 0.3) is 0 Å². The first-order chi connectivity index (χ1) is 7.08. The second-order valence-corrected chi connectivity index (χ2v) is 3.70. The average Bonchev–Trinajstić information content (AvgIpc) is 2.46. The molecule has 0 aliphatic heterocycles. The first-order valence-electron chi connectivity index (χ1n) is 4.91. The van der Waals surface area contributed by atoms with Crippen LogP contribution < -0.4 is 0 Å². The van der Waals surface area contributed by atoms with Gasteiger partial charge in [0, 0.05) is 17.5 Å². The third kappa shape index (κ3) is 1.75. The number of nitrogens with zero attached hydrogens (tertiary/aromatic N) is 4. The van der Waals surface area contributed by atoms with E-state index in [9.17, 15) is 0 Å². The molecule has 2 aromatic heterocycles. The normalized spacial score (nSPS) is 10.7. The molecule has 0 amide bonds. The van der Waals surface area contributed by atoms with E-state index in [1.807, 2.05) is 38.3 Å². The van der Waals surface area contributed by atoms with Crippen LogP contribution >= 0.6 is 0 Å². The lowest BCUT2D eigenvalue weighted by Crippen LogP contribution is -2.02. The topological polar surface area (TPSA) is 43.6 Å². The first-order valence-corrected chi connectivity index (χ1v) is 4.91. The summed E-state index contributed by atoms with van der Waals surface area (Å²) in [6.45, 7) is 7.90. The summed E-state index contributed by atoms with van der Waals surface area (Å²) >= 11 is 0. The van der Waals surface area contributed by atoms with Crippen molar-refractivity contribution < 1.29 is 0 Å². The number of hydrogen-bond donors (Lipinski definition) is 0. The van der Waals surface area contributed by atoms with Crippen molar-refractivity contribution in [1.82, 2.24) is 19.5 Å². The molecule has 0 aliphatic rings. The van der Waals surface area contributed by atoms with Crippen LogP contribution in [-0.2, 0) is 0 Å². The third-order valence-corrected chi connectivity index (χ3v) is 2.45. The fourth-order valence-corrected chi connectivity index (χ4v) is 1.55. The summed E-state index contributed by atoms with van der Waals surface area (Å²) in [6, 6.07) is 1.96. The summed E-state index contributed by atoms with van der Waals surface area (Å²) in [4.78, 5) is 12.9. The van der Waals surface area contributed by atoms with Gasteiger partial charge < -0.3 is 0 Å². The second kappa shape index (κ2) is 3.46. The van der Waals surface area contributed by atoms with E-state index in [-0.39, 0.29) is 0 Å². The van der Waals surface area contributed by atoms with Crippen molar-refractivity contribution in [1.29, 1.82) is 0 Å².